The largest absolute Gasteiger partial charge is 0.507 e. The lowest BCUT2D eigenvalue weighted by Gasteiger charge is -2.26. The fourth-order valence-corrected chi connectivity index (χ4v) is 4.49. The Hall–Kier alpha value is -3.60. The second-order valence-electron chi connectivity index (χ2n) is 8.39. The number of aliphatic hydroxyl groups is 1. The quantitative estimate of drug-likeness (QED) is 0.286. The number of likely N-dealkylation sites (tertiary alicyclic amines) is 1. The first-order valence-electron chi connectivity index (χ1n) is 11.5. The summed E-state index contributed by atoms with van der Waals surface area (Å²) in [6.07, 6.45) is 1.60. The Labute approximate surface area is 194 Å². The van der Waals surface area contributed by atoms with Gasteiger partial charge in [0.15, 0.2) is 0 Å². The first-order chi connectivity index (χ1) is 16.0. The van der Waals surface area contributed by atoms with Crippen molar-refractivity contribution in [1.29, 1.82) is 0 Å². The molecule has 0 aliphatic carbocycles. The van der Waals surface area contributed by atoms with E-state index in [1.54, 1.807) is 23.1 Å². The van der Waals surface area contributed by atoms with Crippen LogP contribution in [0.1, 0.15) is 49.4 Å². The number of nitrogens with zero attached hydrogens (tertiary/aromatic N) is 1. The van der Waals surface area contributed by atoms with Gasteiger partial charge in [0.25, 0.3) is 11.7 Å². The SMILES string of the molecule is CCCOc1ccc(/C(O)=C2/C(=O)C(=O)N(CCC)C2c2cccc3ccccc23)cc1C. The fourth-order valence-electron chi connectivity index (χ4n) is 4.49. The smallest absolute Gasteiger partial charge is 0.295 e. The van der Waals surface area contributed by atoms with E-state index in [0.717, 1.165) is 34.1 Å². The summed E-state index contributed by atoms with van der Waals surface area (Å²) in [5.74, 6) is -0.640. The molecule has 3 aromatic carbocycles. The molecule has 0 spiro atoms. The maximum atomic E-state index is 13.2. The lowest BCUT2D eigenvalue weighted by Crippen LogP contribution is -2.30. The van der Waals surface area contributed by atoms with Gasteiger partial charge in [-0.2, -0.15) is 0 Å². The number of carbonyl (C=O) groups excluding carboxylic acids is 2. The van der Waals surface area contributed by atoms with Crippen LogP contribution in [0.3, 0.4) is 0 Å². The molecule has 1 heterocycles. The van der Waals surface area contributed by atoms with Gasteiger partial charge in [0, 0.05) is 12.1 Å². The molecule has 3 aromatic rings. The van der Waals surface area contributed by atoms with Crippen molar-refractivity contribution in [3.05, 3.63) is 82.9 Å². The number of benzene rings is 3. The van der Waals surface area contributed by atoms with Crippen LogP contribution < -0.4 is 4.74 Å². The molecule has 1 N–H and O–H groups in total. The Kier molecular flexibility index (Phi) is 6.50. The van der Waals surface area contributed by atoms with Crippen LogP contribution in [0.4, 0.5) is 0 Å². The number of ketones is 1. The Morgan fingerprint density at radius 2 is 1.76 bits per heavy atom. The van der Waals surface area contributed by atoms with Gasteiger partial charge in [-0.15, -0.1) is 0 Å². The number of aryl methyl sites for hydroxylation is 1. The van der Waals surface area contributed by atoms with Crippen molar-refractivity contribution < 1.29 is 19.4 Å². The first kappa shape index (κ1) is 22.6. The van der Waals surface area contributed by atoms with Crippen molar-refractivity contribution in [2.24, 2.45) is 0 Å². The highest BCUT2D eigenvalue weighted by molar-refractivity contribution is 6.46. The summed E-state index contributed by atoms with van der Waals surface area (Å²) in [4.78, 5) is 27.8. The van der Waals surface area contributed by atoms with Gasteiger partial charge >= 0.3 is 0 Å². The number of ether oxygens (including phenoxy) is 1. The normalized spacial score (nSPS) is 17.7. The summed E-state index contributed by atoms with van der Waals surface area (Å²) in [6, 6.07) is 18.4. The summed E-state index contributed by atoms with van der Waals surface area (Å²) in [7, 11) is 0. The van der Waals surface area contributed by atoms with Gasteiger partial charge in [-0.05, 0) is 59.9 Å². The average Bonchev–Trinajstić information content (AvgIpc) is 3.07. The van der Waals surface area contributed by atoms with Crippen molar-refractivity contribution in [1.82, 2.24) is 4.90 Å². The second-order valence-corrected chi connectivity index (χ2v) is 8.39. The number of carbonyl (C=O) groups is 2. The average molecular weight is 444 g/mol. The molecule has 1 saturated heterocycles. The minimum atomic E-state index is -0.650. The van der Waals surface area contributed by atoms with Crippen LogP contribution in [0.15, 0.2) is 66.2 Å². The van der Waals surface area contributed by atoms with E-state index in [-0.39, 0.29) is 11.3 Å². The minimum Gasteiger partial charge on any atom is -0.507 e. The van der Waals surface area contributed by atoms with Gasteiger partial charge in [0.2, 0.25) is 0 Å². The molecular formula is C28H29NO4. The molecule has 0 radical (unpaired) electrons. The topological polar surface area (TPSA) is 66.8 Å². The molecule has 4 rings (SSSR count). The van der Waals surface area contributed by atoms with Crippen LogP contribution in [0.5, 0.6) is 5.75 Å². The summed E-state index contributed by atoms with van der Waals surface area (Å²) < 4.78 is 5.75. The van der Waals surface area contributed by atoms with Crippen molar-refractivity contribution in [2.75, 3.05) is 13.2 Å². The molecular weight excluding hydrogens is 414 g/mol. The minimum absolute atomic E-state index is 0.131. The molecule has 5 heteroatoms. The van der Waals surface area contributed by atoms with Gasteiger partial charge in [0.1, 0.15) is 11.5 Å². The number of amides is 1. The molecule has 1 unspecified atom stereocenters. The Morgan fingerprint density at radius 1 is 1.00 bits per heavy atom. The van der Waals surface area contributed by atoms with Crippen molar-refractivity contribution in [2.45, 2.75) is 39.7 Å². The van der Waals surface area contributed by atoms with Crippen LogP contribution in [0.2, 0.25) is 0 Å². The Balaban J connectivity index is 1.89. The highest BCUT2D eigenvalue weighted by Crippen LogP contribution is 2.42. The predicted molar refractivity (Wildman–Crippen MR) is 130 cm³/mol. The van der Waals surface area contributed by atoms with Crippen LogP contribution >= 0.6 is 0 Å². The third kappa shape index (κ3) is 4.11. The zero-order valence-corrected chi connectivity index (χ0v) is 19.3. The number of hydrogen-bond acceptors (Lipinski definition) is 4. The molecule has 0 aromatic heterocycles. The fraction of sp³-hybridized carbons (Fsp3) is 0.286. The van der Waals surface area contributed by atoms with E-state index in [0.29, 0.717) is 25.1 Å². The van der Waals surface area contributed by atoms with Gasteiger partial charge in [-0.1, -0.05) is 56.3 Å². The van der Waals surface area contributed by atoms with Crippen molar-refractivity contribution in [3.8, 4) is 5.75 Å². The van der Waals surface area contributed by atoms with E-state index in [1.165, 1.54) is 0 Å². The maximum Gasteiger partial charge on any atom is 0.295 e. The maximum absolute atomic E-state index is 13.2. The molecule has 33 heavy (non-hydrogen) atoms. The van der Waals surface area contributed by atoms with E-state index in [1.807, 2.05) is 63.2 Å². The zero-order valence-electron chi connectivity index (χ0n) is 19.3. The van der Waals surface area contributed by atoms with Crippen molar-refractivity contribution >= 4 is 28.2 Å². The molecule has 0 saturated carbocycles. The monoisotopic (exact) mass is 443 g/mol. The first-order valence-corrected chi connectivity index (χ1v) is 11.5. The highest BCUT2D eigenvalue weighted by atomic mass is 16.5. The molecule has 1 aliphatic rings. The zero-order chi connectivity index (χ0) is 23.5. The lowest BCUT2D eigenvalue weighted by atomic mass is 9.91. The molecule has 1 aliphatic heterocycles. The van der Waals surface area contributed by atoms with Gasteiger partial charge in [0.05, 0.1) is 18.2 Å². The van der Waals surface area contributed by atoms with Gasteiger partial charge < -0.3 is 14.7 Å². The van der Waals surface area contributed by atoms with E-state index in [2.05, 4.69) is 0 Å². The molecule has 1 fully saturated rings. The summed E-state index contributed by atoms with van der Waals surface area (Å²) in [5.41, 5.74) is 2.32. The van der Waals surface area contributed by atoms with Crippen LogP contribution in [0, 0.1) is 6.92 Å². The summed E-state index contributed by atoms with van der Waals surface area (Å²) >= 11 is 0. The second kappa shape index (κ2) is 9.49. The number of Topliss-reactive ketones (excluding diaryl/α,β-unsaturated/α-hetero) is 1. The number of aliphatic hydroxyl groups excluding tert-OH is 1. The summed E-state index contributed by atoms with van der Waals surface area (Å²) in [5, 5.41) is 13.3. The van der Waals surface area contributed by atoms with Gasteiger partial charge in [-0.25, -0.2) is 0 Å². The van der Waals surface area contributed by atoms with Crippen LogP contribution in [-0.2, 0) is 9.59 Å². The standard InChI is InChI=1S/C28H29NO4/c1-4-15-29-25(22-12-8-10-19-9-6-7-11-21(19)22)24(27(31)28(29)32)26(30)20-13-14-23(18(3)17-20)33-16-5-2/h6-14,17,25,30H,4-5,15-16H2,1-3H3/b26-24-. The van der Waals surface area contributed by atoms with Gasteiger partial charge in [-0.3, -0.25) is 9.59 Å². The summed E-state index contributed by atoms with van der Waals surface area (Å²) in [6.45, 7) is 6.95. The Morgan fingerprint density at radius 3 is 2.48 bits per heavy atom. The lowest BCUT2D eigenvalue weighted by molar-refractivity contribution is -0.139. The third-order valence-corrected chi connectivity index (χ3v) is 6.03. The van der Waals surface area contributed by atoms with E-state index in [4.69, 9.17) is 4.74 Å². The van der Waals surface area contributed by atoms with Crippen LogP contribution in [0.25, 0.3) is 16.5 Å². The van der Waals surface area contributed by atoms with E-state index >= 15 is 0 Å². The van der Waals surface area contributed by atoms with E-state index < -0.39 is 17.7 Å². The highest BCUT2D eigenvalue weighted by Gasteiger charge is 2.46. The number of fused-ring (bicyclic) bond motifs is 1. The molecule has 5 nitrogen and oxygen atoms in total. The van der Waals surface area contributed by atoms with Crippen molar-refractivity contribution in [3.63, 3.8) is 0 Å². The predicted octanol–water partition coefficient (Wildman–Crippen LogP) is 5.77. The van der Waals surface area contributed by atoms with Crippen LogP contribution in [-0.4, -0.2) is 34.8 Å². The number of rotatable bonds is 7. The number of hydrogen-bond donors (Lipinski definition) is 1. The van der Waals surface area contributed by atoms with E-state index in [9.17, 15) is 14.7 Å². The third-order valence-electron chi connectivity index (χ3n) is 6.03. The Bertz CT molecular complexity index is 1240. The molecule has 1 atom stereocenters. The molecule has 1 amide bonds. The molecule has 0 bridgehead atoms. The molecule has 170 valence electrons.